The van der Waals surface area contributed by atoms with Crippen LogP contribution in [0.3, 0.4) is 0 Å². The lowest BCUT2D eigenvalue weighted by molar-refractivity contribution is -0.186. The second kappa shape index (κ2) is 5.54. The van der Waals surface area contributed by atoms with E-state index < -0.39 is 12.2 Å². The second-order valence-corrected chi connectivity index (χ2v) is 9.94. The molecule has 0 bridgehead atoms. The van der Waals surface area contributed by atoms with Crippen molar-refractivity contribution in [1.82, 2.24) is 0 Å². The maximum Gasteiger partial charge on any atom is 0.226 e. The molecule has 0 unspecified atom stereocenters. The molecule has 4 heteroatoms. The van der Waals surface area contributed by atoms with E-state index in [1.54, 1.807) is 0 Å². The third-order valence-electron chi connectivity index (χ3n) is 8.03. The molecule has 142 valence electrons. The van der Waals surface area contributed by atoms with Gasteiger partial charge in [-0.05, 0) is 61.9 Å². The van der Waals surface area contributed by atoms with Crippen molar-refractivity contribution in [2.75, 3.05) is 6.61 Å². The van der Waals surface area contributed by atoms with Crippen molar-refractivity contribution in [3.63, 3.8) is 0 Å². The lowest BCUT2D eigenvalue weighted by atomic mass is 9.44. The molecule has 0 spiro atoms. The number of carbonyl (C=O) groups excluding carboxylic acids is 2. The van der Waals surface area contributed by atoms with Gasteiger partial charge in [-0.2, -0.15) is 0 Å². The van der Waals surface area contributed by atoms with Crippen LogP contribution in [0, 0.1) is 22.7 Å². The summed E-state index contributed by atoms with van der Waals surface area (Å²) in [5.41, 5.74) is 0.692. The molecule has 4 aliphatic rings. The molecule has 0 aromatic rings. The van der Waals surface area contributed by atoms with Crippen LogP contribution in [0.2, 0.25) is 0 Å². The van der Waals surface area contributed by atoms with Crippen LogP contribution in [0.1, 0.15) is 66.2 Å². The zero-order valence-corrected chi connectivity index (χ0v) is 16.4. The van der Waals surface area contributed by atoms with E-state index in [0.717, 1.165) is 19.3 Å². The highest BCUT2D eigenvalue weighted by molar-refractivity contribution is 6.22. The van der Waals surface area contributed by atoms with Crippen molar-refractivity contribution in [2.24, 2.45) is 22.7 Å². The summed E-state index contributed by atoms with van der Waals surface area (Å²) in [6.45, 7) is 8.87. The van der Waals surface area contributed by atoms with E-state index >= 15 is 0 Å². The highest BCUT2D eigenvalue weighted by atomic mass is 16.5. The van der Waals surface area contributed by atoms with Gasteiger partial charge in [-0.1, -0.05) is 27.2 Å². The Bertz CT molecular complexity index is 743. The number of aliphatic hydroxyl groups is 1. The van der Waals surface area contributed by atoms with E-state index in [4.69, 9.17) is 4.74 Å². The predicted octanol–water partition coefficient (Wildman–Crippen LogP) is 3.73. The number of hydrogen-bond acceptors (Lipinski definition) is 4. The van der Waals surface area contributed by atoms with Crippen molar-refractivity contribution in [3.05, 3.63) is 23.0 Å². The van der Waals surface area contributed by atoms with Gasteiger partial charge in [-0.3, -0.25) is 9.59 Å². The molecule has 1 aliphatic heterocycles. The summed E-state index contributed by atoms with van der Waals surface area (Å²) >= 11 is 0. The first kappa shape index (κ1) is 18.0. The molecule has 0 saturated heterocycles. The number of rotatable bonds is 1. The van der Waals surface area contributed by atoms with Gasteiger partial charge >= 0.3 is 0 Å². The van der Waals surface area contributed by atoms with Crippen LogP contribution in [-0.4, -0.2) is 28.9 Å². The van der Waals surface area contributed by atoms with Gasteiger partial charge in [0.2, 0.25) is 5.78 Å². The molecule has 1 N–H and O–H groups in total. The molecule has 0 aromatic carbocycles. The standard InChI is InChI=1S/C22H30O4/c1-20(2)7-5-8-21(3)16(20)6-9-22(4)17(21)11-14-15(24)10-13(12-23)18(25)19(14)26-22/h10,16-17,23H,5-9,11-12H2,1-4H3/t16-,17+,21-,22+/m1/s1. The predicted molar refractivity (Wildman–Crippen MR) is 98.3 cm³/mol. The fourth-order valence-electron chi connectivity index (χ4n) is 6.74. The smallest absolute Gasteiger partial charge is 0.226 e. The number of Topliss-reactive ketones (excluding diaryl/α,β-unsaturated/α-hetero) is 1. The summed E-state index contributed by atoms with van der Waals surface area (Å²) in [5.74, 6) is 0.598. The summed E-state index contributed by atoms with van der Waals surface area (Å²) in [5, 5.41) is 9.40. The molecule has 0 aromatic heterocycles. The SMILES string of the molecule is CC1(C)CCC[C@]2(C)[C@@H]1CC[C@]1(C)OC3=C(C[C@@H]21)C(=O)C=C(CO)C3=O. The Kier molecular flexibility index (Phi) is 3.83. The van der Waals surface area contributed by atoms with E-state index in [9.17, 15) is 14.7 Å². The summed E-state index contributed by atoms with van der Waals surface area (Å²) in [6.07, 6.45) is 7.57. The molecule has 4 rings (SSSR count). The third kappa shape index (κ3) is 2.30. The molecule has 3 aliphatic carbocycles. The fraction of sp³-hybridized carbons (Fsp3) is 0.727. The number of hydrogen-bond donors (Lipinski definition) is 1. The Labute approximate surface area is 155 Å². The van der Waals surface area contributed by atoms with Crippen LogP contribution in [0.4, 0.5) is 0 Å². The largest absolute Gasteiger partial charge is 0.483 e. The van der Waals surface area contributed by atoms with Gasteiger partial charge in [0.1, 0.15) is 5.60 Å². The molecule has 4 nitrogen and oxygen atoms in total. The van der Waals surface area contributed by atoms with E-state index in [1.807, 2.05) is 0 Å². The monoisotopic (exact) mass is 358 g/mol. The van der Waals surface area contributed by atoms with Crippen LogP contribution >= 0.6 is 0 Å². The fourth-order valence-corrected chi connectivity index (χ4v) is 6.74. The number of fused-ring (bicyclic) bond motifs is 3. The molecule has 2 fully saturated rings. The van der Waals surface area contributed by atoms with Gasteiger partial charge in [0.25, 0.3) is 0 Å². The summed E-state index contributed by atoms with van der Waals surface area (Å²) in [6, 6.07) is 0. The van der Waals surface area contributed by atoms with Crippen LogP contribution < -0.4 is 0 Å². The van der Waals surface area contributed by atoms with Gasteiger partial charge in [0.15, 0.2) is 11.5 Å². The topological polar surface area (TPSA) is 63.6 Å². The minimum atomic E-state index is -0.418. The average Bonchev–Trinajstić information content (AvgIpc) is 2.56. The number of aliphatic hydroxyl groups excluding tert-OH is 1. The Balaban J connectivity index is 1.76. The van der Waals surface area contributed by atoms with Crippen molar-refractivity contribution in [1.29, 1.82) is 0 Å². The van der Waals surface area contributed by atoms with Crippen LogP contribution in [0.15, 0.2) is 23.0 Å². The molecular weight excluding hydrogens is 328 g/mol. The highest BCUT2D eigenvalue weighted by Gasteiger charge is 2.61. The summed E-state index contributed by atoms with van der Waals surface area (Å²) in [7, 11) is 0. The van der Waals surface area contributed by atoms with E-state index in [2.05, 4.69) is 27.7 Å². The van der Waals surface area contributed by atoms with Crippen LogP contribution in [0.25, 0.3) is 0 Å². The first-order chi connectivity index (χ1) is 12.1. The maximum absolute atomic E-state index is 12.7. The summed E-state index contributed by atoms with van der Waals surface area (Å²) in [4.78, 5) is 25.3. The minimum absolute atomic E-state index is 0.123. The Hall–Kier alpha value is -1.42. The maximum atomic E-state index is 12.7. The van der Waals surface area contributed by atoms with E-state index in [1.165, 1.54) is 18.9 Å². The van der Waals surface area contributed by atoms with Crippen molar-refractivity contribution in [3.8, 4) is 0 Å². The van der Waals surface area contributed by atoms with Crippen LogP contribution in [0.5, 0.6) is 0 Å². The van der Waals surface area contributed by atoms with Crippen molar-refractivity contribution >= 4 is 11.6 Å². The average molecular weight is 358 g/mol. The number of allylic oxidation sites excluding steroid dienone is 3. The molecule has 26 heavy (non-hydrogen) atoms. The van der Waals surface area contributed by atoms with Gasteiger partial charge < -0.3 is 9.84 Å². The van der Waals surface area contributed by atoms with Crippen molar-refractivity contribution in [2.45, 2.75) is 71.8 Å². The van der Waals surface area contributed by atoms with Gasteiger partial charge in [-0.25, -0.2) is 0 Å². The molecule has 4 atom stereocenters. The molecular formula is C22H30O4. The Morgan fingerprint density at radius 1 is 1.12 bits per heavy atom. The van der Waals surface area contributed by atoms with Gasteiger partial charge in [-0.15, -0.1) is 0 Å². The number of carbonyl (C=O) groups is 2. The first-order valence-electron chi connectivity index (χ1n) is 9.95. The normalized spacial score (nSPS) is 41.7. The zero-order chi connectivity index (χ0) is 18.9. The van der Waals surface area contributed by atoms with Crippen LogP contribution in [-0.2, 0) is 14.3 Å². The second-order valence-electron chi connectivity index (χ2n) is 9.94. The third-order valence-corrected chi connectivity index (χ3v) is 8.03. The number of ether oxygens (including phenoxy) is 1. The van der Waals surface area contributed by atoms with E-state index in [0.29, 0.717) is 23.3 Å². The van der Waals surface area contributed by atoms with Crippen molar-refractivity contribution < 1.29 is 19.4 Å². The first-order valence-corrected chi connectivity index (χ1v) is 9.95. The Morgan fingerprint density at radius 3 is 2.54 bits per heavy atom. The molecule has 2 saturated carbocycles. The van der Waals surface area contributed by atoms with Gasteiger partial charge in [0.05, 0.1) is 6.61 Å². The minimum Gasteiger partial charge on any atom is -0.483 e. The number of ketones is 2. The molecule has 0 radical (unpaired) electrons. The van der Waals surface area contributed by atoms with Gasteiger partial charge in [0, 0.05) is 17.1 Å². The molecule has 1 heterocycles. The lowest BCUT2D eigenvalue weighted by Gasteiger charge is -2.63. The quantitative estimate of drug-likeness (QED) is 0.726. The highest BCUT2D eigenvalue weighted by Crippen LogP contribution is 2.65. The summed E-state index contributed by atoms with van der Waals surface area (Å²) < 4.78 is 6.34. The van der Waals surface area contributed by atoms with E-state index in [-0.39, 0.29) is 34.2 Å². The Morgan fingerprint density at radius 2 is 1.85 bits per heavy atom. The lowest BCUT2D eigenvalue weighted by Crippen LogP contribution is -2.60. The zero-order valence-electron chi connectivity index (χ0n) is 16.4. The molecule has 0 amide bonds.